The number of sulfonamides is 1. The maximum Gasteiger partial charge on any atom is 0.268 e. The summed E-state index contributed by atoms with van der Waals surface area (Å²) in [6.45, 7) is 0.0217. The largest absolute Gasteiger partial charge is 0.349 e. The summed E-state index contributed by atoms with van der Waals surface area (Å²) in [5.41, 5.74) is 1.08. The van der Waals surface area contributed by atoms with Crippen LogP contribution in [0.2, 0.25) is 5.02 Å². The summed E-state index contributed by atoms with van der Waals surface area (Å²) in [6.07, 6.45) is 2.67. The minimum Gasteiger partial charge on any atom is -0.349 e. The normalized spacial score (nSPS) is 13.2. The van der Waals surface area contributed by atoms with E-state index in [0.29, 0.717) is 21.2 Å². The van der Waals surface area contributed by atoms with Gasteiger partial charge >= 0.3 is 0 Å². The zero-order chi connectivity index (χ0) is 17.3. The van der Waals surface area contributed by atoms with Crippen LogP contribution in [0.15, 0.2) is 23.0 Å². The first kappa shape index (κ1) is 17.4. The summed E-state index contributed by atoms with van der Waals surface area (Å²) < 4.78 is 25.9. The molecule has 3 aromatic heterocycles. The van der Waals surface area contributed by atoms with Gasteiger partial charge in [0.25, 0.3) is 5.91 Å². The molecule has 3 N–H and O–H groups in total. The Hall–Kier alpha value is -1.46. The average Bonchev–Trinajstić information content (AvgIpc) is 3.21. The number of aromatic nitrogens is 2. The molecule has 0 aliphatic carbocycles. The molecule has 0 spiro atoms. The van der Waals surface area contributed by atoms with Crippen molar-refractivity contribution in [1.82, 2.24) is 20.0 Å². The smallest absolute Gasteiger partial charge is 0.268 e. The van der Waals surface area contributed by atoms with Crippen LogP contribution in [-0.2, 0) is 10.0 Å². The first-order valence-corrected chi connectivity index (χ1v) is 10.8. The molecule has 24 heavy (non-hydrogen) atoms. The number of carbonyl (C=O) groups excluding carboxylic acids is 1. The standard InChI is InChI=1S/C13H13ClN4O3S3/c1-24(20,21)16-5-9(13-15-2-3-22-13)18-12(19)8-4-10-11(17-8)7(14)6-23-10/h2-4,6,9,16-17H,5H2,1H3,(H,18,19). The van der Waals surface area contributed by atoms with Gasteiger partial charge in [0.1, 0.15) is 10.7 Å². The fraction of sp³-hybridized carbons (Fsp3) is 0.231. The summed E-state index contributed by atoms with van der Waals surface area (Å²) in [6, 6.07) is 1.15. The number of hydrogen-bond acceptors (Lipinski definition) is 6. The van der Waals surface area contributed by atoms with Gasteiger partial charge in [-0.15, -0.1) is 22.7 Å². The van der Waals surface area contributed by atoms with E-state index in [9.17, 15) is 13.2 Å². The van der Waals surface area contributed by atoms with Crippen LogP contribution in [0.5, 0.6) is 0 Å². The summed E-state index contributed by atoms with van der Waals surface area (Å²) in [5.74, 6) is -0.357. The molecule has 0 aromatic carbocycles. The van der Waals surface area contributed by atoms with Gasteiger partial charge in [-0.25, -0.2) is 18.1 Å². The first-order valence-electron chi connectivity index (χ1n) is 6.74. The quantitative estimate of drug-likeness (QED) is 0.586. The SMILES string of the molecule is CS(=O)(=O)NCC(NC(=O)c1cc2scc(Cl)c2[nH]1)c1nccs1. The van der Waals surface area contributed by atoms with E-state index in [-0.39, 0.29) is 12.5 Å². The van der Waals surface area contributed by atoms with Crippen LogP contribution in [0.4, 0.5) is 0 Å². The molecule has 1 amide bonds. The van der Waals surface area contributed by atoms with Crippen molar-refractivity contribution in [2.45, 2.75) is 6.04 Å². The second-order valence-electron chi connectivity index (χ2n) is 5.02. The Morgan fingerprint density at radius 1 is 1.46 bits per heavy atom. The van der Waals surface area contributed by atoms with E-state index in [2.05, 4.69) is 20.0 Å². The number of thiophene rings is 1. The first-order chi connectivity index (χ1) is 11.3. The number of rotatable bonds is 6. The van der Waals surface area contributed by atoms with E-state index in [0.717, 1.165) is 11.0 Å². The lowest BCUT2D eigenvalue weighted by molar-refractivity contribution is 0.0933. The molecule has 1 atom stereocenters. The molecular formula is C13H13ClN4O3S3. The summed E-state index contributed by atoms with van der Waals surface area (Å²) in [4.78, 5) is 19.6. The second-order valence-corrected chi connectivity index (χ2v) is 9.10. The number of aromatic amines is 1. The molecule has 128 valence electrons. The number of hydrogen-bond donors (Lipinski definition) is 3. The molecule has 1 unspecified atom stereocenters. The molecule has 0 bridgehead atoms. The molecule has 0 aliphatic heterocycles. The highest BCUT2D eigenvalue weighted by atomic mass is 35.5. The monoisotopic (exact) mass is 404 g/mol. The van der Waals surface area contributed by atoms with Crippen LogP contribution in [0.3, 0.4) is 0 Å². The van der Waals surface area contributed by atoms with E-state index >= 15 is 0 Å². The molecule has 0 radical (unpaired) electrons. The van der Waals surface area contributed by atoms with Gasteiger partial charge in [-0.3, -0.25) is 4.79 Å². The van der Waals surface area contributed by atoms with Crippen LogP contribution >= 0.6 is 34.3 Å². The van der Waals surface area contributed by atoms with E-state index in [1.165, 1.54) is 22.7 Å². The van der Waals surface area contributed by atoms with Gasteiger partial charge in [0.2, 0.25) is 10.0 Å². The van der Waals surface area contributed by atoms with Crippen molar-refractivity contribution >= 4 is 60.4 Å². The van der Waals surface area contributed by atoms with Gasteiger partial charge in [-0.2, -0.15) is 0 Å². The Labute approximate surface area is 151 Å². The van der Waals surface area contributed by atoms with Crippen LogP contribution < -0.4 is 10.0 Å². The van der Waals surface area contributed by atoms with Crippen LogP contribution in [-0.4, -0.2) is 37.1 Å². The highest BCUT2D eigenvalue weighted by Gasteiger charge is 2.21. The Kier molecular flexibility index (Phi) is 4.92. The predicted molar refractivity (Wildman–Crippen MR) is 96.4 cm³/mol. The van der Waals surface area contributed by atoms with Crippen molar-refractivity contribution in [3.63, 3.8) is 0 Å². The molecule has 11 heteroatoms. The topological polar surface area (TPSA) is 104 Å². The molecule has 0 saturated carbocycles. The van der Waals surface area contributed by atoms with Crippen LogP contribution in [0.25, 0.3) is 10.2 Å². The Morgan fingerprint density at radius 2 is 2.25 bits per heavy atom. The lowest BCUT2D eigenvalue weighted by atomic mass is 10.3. The van der Waals surface area contributed by atoms with Gasteiger partial charge in [0.05, 0.1) is 27.5 Å². The highest BCUT2D eigenvalue weighted by Crippen LogP contribution is 2.30. The summed E-state index contributed by atoms with van der Waals surface area (Å²) >= 11 is 8.82. The number of halogens is 1. The molecule has 3 heterocycles. The van der Waals surface area contributed by atoms with Gasteiger partial charge in [-0.1, -0.05) is 11.6 Å². The van der Waals surface area contributed by atoms with Crippen LogP contribution in [0.1, 0.15) is 21.5 Å². The molecule has 3 rings (SSSR count). The predicted octanol–water partition coefficient (Wildman–Crippen LogP) is 2.36. The summed E-state index contributed by atoms with van der Waals surface area (Å²) in [5, 5.41) is 7.52. The number of carbonyl (C=O) groups is 1. The average molecular weight is 405 g/mol. The lowest BCUT2D eigenvalue weighted by Gasteiger charge is -2.16. The number of nitrogens with zero attached hydrogens (tertiary/aromatic N) is 1. The minimum absolute atomic E-state index is 0.0217. The fourth-order valence-electron chi connectivity index (χ4n) is 2.08. The minimum atomic E-state index is -3.38. The Bertz CT molecular complexity index is 962. The molecule has 0 aliphatic rings. The third-order valence-electron chi connectivity index (χ3n) is 3.16. The third-order valence-corrected chi connectivity index (χ3v) is 6.10. The van der Waals surface area contributed by atoms with Crippen molar-refractivity contribution in [2.24, 2.45) is 0 Å². The zero-order valence-corrected chi connectivity index (χ0v) is 15.6. The number of amides is 1. The van der Waals surface area contributed by atoms with Crippen molar-refractivity contribution in [2.75, 3.05) is 12.8 Å². The van der Waals surface area contributed by atoms with Gasteiger partial charge in [0.15, 0.2) is 0 Å². The number of fused-ring (bicyclic) bond motifs is 1. The van der Waals surface area contributed by atoms with E-state index in [1.807, 2.05) is 0 Å². The van der Waals surface area contributed by atoms with Crippen LogP contribution in [0, 0.1) is 0 Å². The van der Waals surface area contributed by atoms with E-state index in [4.69, 9.17) is 11.6 Å². The number of thiazole rings is 1. The van der Waals surface area contributed by atoms with E-state index in [1.54, 1.807) is 23.0 Å². The molecular weight excluding hydrogens is 392 g/mol. The Morgan fingerprint density at radius 3 is 2.88 bits per heavy atom. The van der Waals surface area contributed by atoms with E-state index < -0.39 is 16.1 Å². The summed E-state index contributed by atoms with van der Waals surface area (Å²) in [7, 11) is -3.38. The van der Waals surface area contributed by atoms with Gasteiger partial charge < -0.3 is 10.3 Å². The molecule has 0 saturated heterocycles. The maximum absolute atomic E-state index is 12.5. The van der Waals surface area contributed by atoms with Gasteiger partial charge in [-0.05, 0) is 6.07 Å². The highest BCUT2D eigenvalue weighted by molar-refractivity contribution is 7.88. The maximum atomic E-state index is 12.5. The fourth-order valence-corrected chi connectivity index (χ4v) is 4.39. The molecule has 7 nitrogen and oxygen atoms in total. The third kappa shape index (κ3) is 3.95. The molecule has 0 fully saturated rings. The zero-order valence-electron chi connectivity index (χ0n) is 12.4. The van der Waals surface area contributed by atoms with Crippen molar-refractivity contribution < 1.29 is 13.2 Å². The van der Waals surface area contributed by atoms with Crippen molar-refractivity contribution in [3.8, 4) is 0 Å². The Balaban J connectivity index is 1.79. The second kappa shape index (κ2) is 6.81. The van der Waals surface area contributed by atoms with Gasteiger partial charge in [0, 0.05) is 23.5 Å². The van der Waals surface area contributed by atoms with Crippen molar-refractivity contribution in [3.05, 3.63) is 38.7 Å². The number of H-pyrrole nitrogens is 1. The lowest BCUT2D eigenvalue weighted by Crippen LogP contribution is -2.37. The van der Waals surface area contributed by atoms with Crippen molar-refractivity contribution in [1.29, 1.82) is 0 Å². The number of nitrogens with one attached hydrogen (secondary N) is 3. The molecule has 3 aromatic rings.